The van der Waals surface area contributed by atoms with E-state index in [2.05, 4.69) is 22.1 Å². The maximum Gasteiger partial charge on any atom is 0.101 e. The zero-order chi connectivity index (χ0) is 11.2. The third-order valence-electron chi connectivity index (χ3n) is 2.38. The van der Waals surface area contributed by atoms with Crippen LogP contribution in [-0.2, 0) is 6.42 Å². The summed E-state index contributed by atoms with van der Waals surface area (Å²) >= 11 is 3.32. The Labute approximate surface area is 104 Å². The molecule has 2 rings (SSSR count). The van der Waals surface area contributed by atoms with Crippen LogP contribution in [-0.4, -0.2) is 18.2 Å². The first-order valence-corrected chi connectivity index (χ1v) is 7.12. The van der Waals surface area contributed by atoms with Gasteiger partial charge in [-0.25, -0.2) is 0 Å². The highest BCUT2D eigenvalue weighted by Crippen LogP contribution is 2.17. The molecule has 0 bridgehead atoms. The fourth-order valence-electron chi connectivity index (χ4n) is 1.49. The van der Waals surface area contributed by atoms with E-state index in [9.17, 15) is 5.11 Å². The number of thiophene rings is 2. The highest BCUT2D eigenvalue weighted by Gasteiger charge is 2.06. The molecule has 0 fully saturated rings. The van der Waals surface area contributed by atoms with Gasteiger partial charge in [-0.2, -0.15) is 11.3 Å². The van der Waals surface area contributed by atoms with Crippen LogP contribution in [0.15, 0.2) is 34.3 Å². The normalized spacial score (nSPS) is 12.8. The lowest BCUT2D eigenvalue weighted by Crippen LogP contribution is -2.23. The molecular weight excluding hydrogens is 238 g/mol. The summed E-state index contributed by atoms with van der Waals surface area (Å²) in [6.07, 6.45) is 0.656. The number of aliphatic hydroxyl groups excluding tert-OH is 1. The van der Waals surface area contributed by atoms with Crippen LogP contribution in [0.3, 0.4) is 0 Å². The van der Waals surface area contributed by atoms with Gasteiger partial charge in [-0.15, -0.1) is 11.3 Å². The minimum Gasteiger partial charge on any atom is -0.386 e. The summed E-state index contributed by atoms with van der Waals surface area (Å²) in [6.45, 7) is 1.55. The van der Waals surface area contributed by atoms with E-state index >= 15 is 0 Å². The SMILES string of the molecule is OC(CNCCc1ccsc1)c1cccs1. The largest absolute Gasteiger partial charge is 0.386 e. The number of hydrogen-bond donors (Lipinski definition) is 2. The van der Waals surface area contributed by atoms with Crippen molar-refractivity contribution in [2.24, 2.45) is 0 Å². The Morgan fingerprint density at radius 1 is 1.31 bits per heavy atom. The zero-order valence-electron chi connectivity index (χ0n) is 8.93. The van der Waals surface area contributed by atoms with Crippen molar-refractivity contribution in [3.05, 3.63) is 44.8 Å². The van der Waals surface area contributed by atoms with Crippen molar-refractivity contribution >= 4 is 22.7 Å². The third-order valence-corrected chi connectivity index (χ3v) is 4.09. The van der Waals surface area contributed by atoms with Gasteiger partial charge in [0, 0.05) is 11.4 Å². The molecule has 0 amide bonds. The van der Waals surface area contributed by atoms with Crippen LogP contribution >= 0.6 is 22.7 Å². The molecule has 0 spiro atoms. The molecule has 0 aromatic carbocycles. The molecular formula is C12H15NOS2. The van der Waals surface area contributed by atoms with Crippen molar-refractivity contribution in [1.82, 2.24) is 5.32 Å². The molecule has 86 valence electrons. The van der Waals surface area contributed by atoms with Crippen molar-refractivity contribution in [2.45, 2.75) is 12.5 Å². The highest BCUT2D eigenvalue weighted by atomic mass is 32.1. The van der Waals surface area contributed by atoms with Crippen molar-refractivity contribution < 1.29 is 5.11 Å². The van der Waals surface area contributed by atoms with E-state index in [1.807, 2.05) is 17.5 Å². The van der Waals surface area contributed by atoms with Crippen molar-refractivity contribution in [3.8, 4) is 0 Å². The molecule has 0 saturated heterocycles. The van der Waals surface area contributed by atoms with Crippen LogP contribution in [0.1, 0.15) is 16.5 Å². The summed E-state index contributed by atoms with van der Waals surface area (Å²) in [5.74, 6) is 0. The van der Waals surface area contributed by atoms with Crippen LogP contribution in [0.2, 0.25) is 0 Å². The molecule has 4 heteroatoms. The second-order valence-electron chi connectivity index (χ2n) is 3.62. The lowest BCUT2D eigenvalue weighted by Gasteiger charge is -2.09. The summed E-state index contributed by atoms with van der Waals surface area (Å²) in [5, 5.41) is 19.3. The quantitative estimate of drug-likeness (QED) is 0.776. The van der Waals surface area contributed by atoms with Gasteiger partial charge in [-0.1, -0.05) is 6.07 Å². The van der Waals surface area contributed by atoms with Gasteiger partial charge in [0.2, 0.25) is 0 Å². The number of hydrogen-bond acceptors (Lipinski definition) is 4. The molecule has 2 aromatic heterocycles. The van der Waals surface area contributed by atoms with Crippen molar-refractivity contribution in [1.29, 1.82) is 0 Å². The second-order valence-corrected chi connectivity index (χ2v) is 5.38. The Morgan fingerprint density at radius 3 is 2.94 bits per heavy atom. The van der Waals surface area contributed by atoms with Gasteiger partial charge in [-0.05, 0) is 46.8 Å². The van der Waals surface area contributed by atoms with Crippen molar-refractivity contribution in [3.63, 3.8) is 0 Å². The number of nitrogens with one attached hydrogen (secondary N) is 1. The summed E-state index contributed by atoms with van der Waals surface area (Å²) < 4.78 is 0. The van der Waals surface area contributed by atoms with E-state index in [1.54, 1.807) is 22.7 Å². The monoisotopic (exact) mass is 253 g/mol. The molecule has 1 unspecified atom stereocenters. The third kappa shape index (κ3) is 3.42. The van der Waals surface area contributed by atoms with Crippen molar-refractivity contribution in [2.75, 3.05) is 13.1 Å². The molecule has 0 aliphatic carbocycles. The predicted octanol–water partition coefficient (Wildman–Crippen LogP) is 2.68. The van der Waals surface area contributed by atoms with Gasteiger partial charge >= 0.3 is 0 Å². The molecule has 2 N–H and O–H groups in total. The smallest absolute Gasteiger partial charge is 0.101 e. The Morgan fingerprint density at radius 2 is 2.25 bits per heavy atom. The maximum atomic E-state index is 9.82. The van der Waals surface area contributed by atoms with E-state index in [0.717, 1.165) is 17.8 Å². The van der Waals surface area contributed by atoms with E-state index in [-0.39, 0.29) is 6.10 Å². The average Bonchev–Trinajstić information content (AvgIpc) is 2.96. The Bertz CT molecular complexity index is 383. The van der Waals surface area contributed by atoms with Gasteiger partial charge < -0.3 is 10.4 Å². The molecule has 0 radical (unpaired) electrons. The fraction of sp³-hybridized carbons (Fsp3) is 0.333. The van der Waals surface area contributed by atoms with Gasteiger partial charge in [0.25, 0.3) is 0 Å². The first kappa shape index (κ1) is 11.8. The van der Waals surface area contributed by atoms with Crippen LogP contribution in [0.25, 0.3) is 0 Å². The summed E-state index contributed by atoms with van der Waals surface area (Å²) in [5.41, 5.74) is 1.36. The van der Waals surface area contributed by atoms with E-state index in [0.29, 0.717) is 6.54 Å². The average molecular weight is 253 g/mol. The van der Waals surface area contributed by atoms with Crippen LogP contribution in [0, 0.1) is 0 Å². The van der Waals surface area contributed by atoms with E-state index in [4.69, 9.17) is 0 Å². The standard InChI is InChI=1S/C12H15NOS2/c14-11(12-2-1-6-16-12)8-13-5-3-10-4-7-15-9-10/h1-2,4,6-7,9,11,13-14H,3,5,8H2. The number of aliphatic hydroxyl groups is 1. The molecule has 16 heavy (non-hydrogen) atoms. The topological polar surface area (TPSA) is 32.3 Å². The van der Waals surface area contributed by atoms with E-state index < -0.39 is 0 Å². The summed E-state index contributed by atoms with van der Waals surface area (Å²) in [6, 6.07) is 6.08. The summed E-state index contributed by atoms with van der Waals surface area (Å²) in [4.78, 5) is 1.03. The first-order chi connectivity index (χ1) is 7.86. The first-order valence-electron chi connectivity index (χ1n) is 5.29. The minimum atomic E-state index is -0.373. The minimum absolute atomic E-state index is 0.373. The molecule has 2 nitrogen and oxygen atoms in total. The lowest BCUT2D eigenvalue weighted by atomic mass is 10.2. The number of rotatable bonds is 6. The Kier molecular flexibility index (Phi) is 4.54. The van der Waals surface area contributed by atoms with Crippen LogP contribution in [0.4, 0.5) is 0 Å². The summed E-state index contributed by atoms with van der Waals surface area (Å²) in [7, 11) is 0. The fourth-order valence-corrected chi connectivity index (χ4v) is 2.90. The second kappa shape index (κ2) is 6.15. The van der Waals surface area contributed by atoms with Gasteiger partial charge in [-0.3, -0.25) is 0 Å². The van der Waals surface area contributed by atoms with Crippen LogP contribution < -0.4 is 5.32 Å². The van der Waals surface area contributed by atoms with Gasteiger partial charge in [0.05, 0.1) is 0 Å². The molecule has 0 aliphatic rings. The van der Waals surface area contributed by atoms with E-state index in [1.165, 1.54) is 5.56 Å². The lowest BCUT2D eigenvalue weighted by molar-refractivity contribution is 0.179. The Balaban J connectivity index is 1.65. The Hall–Kier alpha value is -0.680. The maximum absolute atomic E-state index is 9.82. The highest BCUT2D eigenvalue weighted by molar-refractivity contribution is 7.10. The van der Waals surface area contributed by atoms with Gasteiger partial charge in [0.15, 0.2) is 0 Å². The molecule has 2 aromatic rings. The molecule has 1 atom stereocenters. The van der Waals surface area contributed by atoms with Gasteiger partial charge in [0.1, 0.15) is 6.10 Å². The molecule has 0 aliphatic heterocycles. The molecule has 2 heterocycles. The molecule has 0 saturated carbocycles. The zero-order valence-corrected chi connectivity index (χ0v) is 10.6. The predicted molar refractivity (Wildman–Crippen MR) is 70.2 cm³/mol. The van der Waals surface area contributed by atoms with Crippen LogP contribution in [0.5, 0.6) is 0 Å².